The number of aromatic nitrogens is 5. The second-order valence-corrected chi connectivity index (χ2v) is 5.26. The standard InChI is InChI=1S/C9H12N6O4S/c1-19-5-4-15-8(6-2-3-7(16)12-11-6)13-14-9(15)20(10,17)18/h2-3H,4-5H2,1H3,(H,12,16)(H2,10,17,18). The van der Waals surface area contributed by atoms with Gasteiger partial charge in [-0.3, -0.25) is 9.36 Å². The summed E-state index contributed by atoms with van der Waals surface area (Å²) >= 11 is 0. The maximum atomic E-state index is 11.5. The quantitative estimate of drug-likeness (QED) is 0.670. The van der Waals surface area contributed by atoms with Gasteiger partial charge in [-0.2, -0.15) is 5.10 Å². The van der Waals surface area contributed by atoms with Crippen molar-refractivity contribution in [3.05, 3.63) is 22.5 Å². The van der Waals surface area contributed by atoms with Gasteiger partial charge in [0, 0.05) is 13.2 Å². The van der Waals surface area contributed by atoms with Gasteiger partial charge in [-0.15, -0.1) is 10.2 Å². The van der Waals surface area contributed by atoms with Crippen LogP contribution in [-0.4, -0.2) is 47.1 Å². The highest BCUT2D eigenvalue weighted by atomic mass is 32.2. The van der Waals surface area contributed by atoms with Crippen LogP contribution in [0.2, 0.25) is 0 Å². The summed E-state index contributed by atoms with van der Waals surface area (Å²) in [6, 6.07) is 2.65. The van der Waals surface area contributed by atoms with Crippen LogP contribution in [0.4, 0.5) is 0 Å². The molecule has 0 bridgehead atoms. The highest BCUT2D eigenvalue weighted by Gasteiger charge is 2.22. The van der Waals surface area contributed by atoms with Crippen LogP contribution in [0.1, 0.15) is 0 Å². The van der Waals surface area contributed by atoms with Crippen molar-refractivity contribution >= 4 is 10.0 Å². The topological polar surface area (TPSA) is 146 Å². The number of rotatable bonds is 5. The lowest BCUT2D eigenvalue weighted by atomic mass is 10.3. The lowest BCUT2D eigenvalue weighted by molar-refractivity contribution is 0.185. The lowest BCUT2D eigenvalue weighted by Gasteiger charge is -2.07. The number of nitrogens with two attached hydrogens (primary N) is 1. The Kier molecular flexibility index (Phi) is 3.92. The van der Waals surface area contributed by atoms with Crippen molar-refractivity contribution in [2.24, 2.45) is 5.14 Å². The Morgan fingerprint density at radius 2 is 2.15 bits per heavy atom. The minimum Gasteiger partial charge on any atom is -0.383 e. The van der Waals surface area contributed by atoms with E-state index in [0.29, 0.717) is 0 Å². The number of nitrogens with one attached hydrogen (secondary N) is 1. The van der Waals surface area contributed by atoms with Crippen LogP contribution in [0.15, 0.2) is 22.1 Å². The molecule has 0 spiro atoms. The Hall–Kier alpha value is -2.11. The van der Waals surface area contributed by atoms with Crippen molar-refractivity contribution in [2.45, 2.75) is 11.7 Å². The SMILES string of the molecule is COCCn1c(-c2ccc(=O)[nH]n2)nnc1S(N)(=O)=O. The van der Waals surface area contributed by atoms with E-state index in [1.54, 1.807) is 0 Å². The molecule has 0 aromatic carbocycles. The molecule has 20 heavy (non-hydrogen) atoms. The average molecular weight is 300 g/mol. The van der Waals surface area contributed by atoms with Gasteiger partial charge in [0.05, 0.1) is 13.2 Å². The molecule has 0 aliphatic carbocycles. The monoisotopic (exact) mass is 300 g/mol. The second kappa shape index (κ2) is 5.48. The summed E-state index contributed by atoms with van der Waals surface area (Å²) in [5.41, 5.74) is -0.119. The molecule has 2 heterocycles. The highest BCUT2D eigenvalue weighted by Crippen LogP contribution is 2.16. The van der Waals surface area contributed by atoms with Gasteiger partial charge in [0.1, 0.15) is 5.69 Å². The number of methoxy groups -OCH3 is 1. The number of aromatic amines is 1. The molecule has 108 valence electrons. The van der Waals surface area contributed by atoms with Crippen LogP contribution >= 0.6 is 0 Å². The summed E-state index contributed by atoms with van der Waals surface area (Å²) in [6.07, 6.45) is 0. The highest BCUT2D eigenvalue weighted by molar-refractivity contribution is 7.89. The maximum absolute atomic E-state index is 11.5. The smallest absolute Gasteiger partial charge is 0.273 e. The number of sulfonamides is 1. The summed E-state index contributed by atoms with van der Waals surface area (Å²) in [6.45, 7) is 0.405. The molecule has 0 fully saturated rings. The molecule has 0 unspecified atom stereocenters. The van der Waals surface area contributed by atoms with Gasteiger partial charge in [-0.25, -0.2) is 18.7 Å². The third-order valence-corrected chi connectivity index (χ3v) is 3.21. The van der Waals surface area contributed by atoms with Crippen LogP contribution < -0.4 is 10.7 Å². The normalized spacial score (nSPS) is 11.7. The minimum absolute atomic E-state index is 0.169. The molecule has 11 heteroatoms. The van der Waals surface area contributed by atoms with E-state index in [9.17, 15) is 13.2 Å². The summed E-state index contributed by atoms with van der Waals surface area (Å²) in [5.74, 6) is 0.169. The van der Waals surface area contributed by atoms with Gasteiger partial charge >= 0.3 is 0 Å². The minimum atomic E-state index is -4.03. The van der Waals surface area contributed by atoms with Gasteiger partial charge in [0.2, 0.25) is 0 Å². The van der Waals surface area contributed by atoms with Gasteiger partial charge in [-0.1, -0.05) is 0 Å². The summed E-state index contributed by atoms with van der Waals surface area (Å²) in [7, 11) is -2.55. The van der Waals surface area contributed by atoms with E-state index in [2.05, 4.69) is 20.4 Å². The molecule has 0 atom stereocenters. The van der Waals surface area contributed by atoms with Crippen molar-refractivity contribution in [1.82, 2.24) is 25.0 Å². The van der Waals surface area contributed by atoms with Crippen LogP contribution in [-0.2, 0) is 21.3 Å². The molecular formula is C9H12N6O4S. The summed E-state index contributed by atoms with van der Waals surface area (Å²) in [4.78, 5) is 11.0. The average Bonchev–Trinajstić information content (AvgIpc) is 2.81. The predicted molar refractivity (Wildman–Crippen MR) is 67.1 cm³/mol. The van der Waals surface area contributed by atoms with Crippen LogP contribution in [0.25, 0.3) is 11.5 Å². The fourth-order valence-corrected chi connectivity index (χ4v) is 2.18. The second-order valence-electron chi connectivity index (χ2n) is 3.80. The third kappa shape index (κ3) is 2.89. The molecule has 0 aliphatic rings. The molecule has 0 saturated heterocycles. The third-order valence-electron chi connectivity index (χ3n) is 2.40. The number of primary sulfonamides is 1. The van der Waals surface area contributed by atoms with Gasteiger partial charge in [0.15, 0.2) is 5.82 Å². The number of hydrogen-bond donors (Lipinski definition) is 2. The molecular weight excluding hydrogens is 288 g/mol. The van der Waals surface area contributed by atoms with E-state index in [4.69, 9.17) is 9.88 Å². The molecule has 3 N–H and O–H groups in total. The van der Waals surface area contributed by atoms with E-state index in [-0.39, 0.29) is 30.2 Å². The molecule has 0 aliphatic heterocycles. The van der Waals surface area contributed by atoms with Crippen LogP contribution in [0.5, 0.6) is 0 Å². The van der Waals surface area contributed by atoms with Crippen LogP contribution in [0, 0.1) is 0 Å². The Labute approximate surface area is 113 Å². The molecule has 0 radical (unpaired) electrons. The fourth-order valence-electron chi connectivity index (χ4n) is 1.54. The van der Waals surface area contributed by atoms with E-state index < -0.39 is 15.2 Å². The number of hydrogen-bond acceptors (Lipinski definition) is 7. The number of nitrogens with zero attached hydrogens (tertiary/aromatic N) is 4. The fraction of sp³-hybridized carbons (Fsp3) is 0.333. The first-order valence-electron chi connectivity index (χ1n) is 5.44. The molecule has 10 nitrogen and oxygen atoms in total. The van der Waals surface area contributed by atoms with Crippen molar-refractivity contribution in [3.8, 4) is 11.5 Å². The molecule has 2 rings (SSSR count). The van der Waals surface area contributed by atoms with Gasteiger partial charge in [0.25, 0.3) is 20.7 Å². The van der Waals surface area contributed by atoms with Crippen molar-refractivity contribution in [3.63, 3.8) is 0 Å². The Morgan fingerprint density at radius 1 is 1.40 bits per heavy atom. The Balaban J connectivity index is 2.55. The van der Waals surface area contributed by atoms with E-state index in [0.717, 1.165) is 0 Å². The van der Waals surface area contributed by atoms with Crippen LogP contribution in [0.3, 0.4) is 0 Å². The number of ether oxygens (including phenoxy) is 1. The zero-order valence-corrected chi connectivity index (χ0v) is 11.3. The van der Waals surface area contributed by atoms with E-state index in [1.165, 1.54) is 23.8 Å². The van der Waals surface area contributed by atoms with Crippen molar-refractivity contribution in [2.75, 3.05) is 13.7 Å². The Bertz CT molecular complexity index is 744. The first-order chi connectivity index (χ1) is 9.43. The van der Waals surface area contributed by atoms with Gasteiger partial charge < -0.3 is 4.74 Å². The zero-order valence-electron chi connectivity index (χ0n) is 10.5. The lowest BCUT2D eigenvalue weighted by Crippen LogP contribution is -2.20. The van der Waals surface area contributed by atoms with Gasteiger partial charge in [-0.05, 0) is 6.07 Å². The van der Waals surface area contributed by atoms with Crippen molar-refractivity contribution < 1.29 is 13.2 Å². The molecule has 0 saturated carbocycles. The van der Waals surface area contributed by atoms with Crippen molar-refractivity contribution in [1.29, 1.82) is 0 Å². The zero-order chi connectivity index (χ0) is 14.8. The largest absolute Gasteiger partial charge is 0.383 e. The maximum Gasteiger partial charge on any atom is 0.273 e. The Morgan fingerprint density at radius 3 is 2.70 bits per heavy atom. The van der Waals surface area contributed by atoms with E-state index in [1.807, 2.05) is 0 Å². The summed E-state index contributed by atoms with van der Waals surface area (Å²) < 4.78 is 29.1. The first kappa shape index (κ1) is 14.3. The first-order valence-corrected chi connectivity index (χ1v) is 6.99. The molecule has 2 aromatic rings. The molecule has 2 aromatic heterocycles. The molecule has 0 amide bonds. The van der Waals surface area contributed by atoms with E-state index >= 15 is 0 Å². The summed E-state index contributed by atoms with van der Waals surface area (Å²) in [5, 5.41) is 18.0. The number of H-pyrrole nitrogens is 1. The predicted octanol–water partition coefficient (Wildman–Crippen LogP) is -1.68.